The molecule has 0 saturated heterocycles. The maximum Gasteiger partial charge on any atom is 0.335 e. The van der Waals surface area contributed by atoms with Crippen LogP contribution in [0.25, 0.3) is 0 Å². The molecule has 8 nitrogen and oxygen atoms in total. The van der Waals surface area contributed by atoms with Crippen LogP contribution in [0.5, 0.6) is 0 Å². The van der Waals surface area contributed by atoms with Crippen LogP contribution in [0.4, 0.5) is 10.1 Å². The van der Waals surface area contributed by atoms with Crippen LogP contribution in [0.3, 0.4) is 0 Å². The molecule has 0 saturated carbocycles. The number of hydrogen-bond donors (Lipinski definition) is 2. The number of pyridine rings is 1. The Bertz CT molecular complexity index is 1280. The summed E-state index contributed by atoms with van der Waals surface area (Å²) in [6.07, 6.45) is 3.06. The number of primary amides is 1. The first kappa shape index (κ1) is 24.5. The van der Waals surface area contributed by atoms with E-state index in [4.69, 9.17) is 22.4 Å². The zero-order valence-corrected chi connectivity index (χ0v) is 18.6. The molecule has 34 heavy (non-hydrogen) atoms. The molecule has 2 amide bonds. The predicted molar refractivity (Wildman–Crippen MR) is 123 cm³/mol. The number of hydrogen-bond acceptors (Lipinski definition) is 5. The van der Waals surface area contributed by atoms with Crippen LogP contribution >= 0.6 is 11.6 Å². The molecule has 0 spiro atoms. The largest absolute Gasteiger partial charge is 0.478 e. The molecule has 0 radical (unpaired) electrons. The van der Waals surface area contributed by atoms with Gasteiger partial charge >= 0.3 is 5.97 Å². The van der Waals surface area contributed by atoms with E-state index in [-0.39, 0.29) is 22.6 Å². The second kappa shape index (κ2) is 10.2. The third-order valence-electron chi connectivity index (χ3n) is 5.20. The van der Waals surface area contributed by atoms with Gasteiger partial charge in [0.2, 0.25) is 11.8 Å². The van der Waals surface area contributed by atoms with Gasteiger partial charge in [-0.25, -0.2) is 9.18 Å². The lowest BCUT2D eigenvalue weighted by atomic mass is 9.85. The lowest BCUT2D eigenvalue weighted by Crippen LogP contribution is -2.43. The lowest BCUT2D eigenvalue weighted by molar-refractivity contribution is -0.121. The van der Waals surface area contributed by atoms with Crippen molar-refractivity contribution in [1.82, 2.24) is 4.98 Å². The van der Waals surface area contributed by atoms with Crippen LogP contribution in [0.2, 0.25) is 5.02 Å². The topological polar surface area (TPSA) is 131 Å². The van der Waals surface area contributed by atoms with Gasteiger partial charge in [-0.1, -0.05) is 17.7 Å². The summed E-state index contributed by atoms with van der Waals surface area (Å²) >= 11 is 5.65. The van der Waals surface area contributed by atoms with Crippen LogP contribution in [-0.2, 0) is 11.2 Å². The average Bonchev–Trinajstić information content (AvgIpc) is 2.83. The number of carbonyl (C=O) groups excluding carboxylic acids is 3. The highest BCUT2D eigenvalue weighted by atomic mass is 35.5. The number of amides is 2. The molecule has 0 fully saturated rings. The number of anilines is 1. The van der Waals surface area contributed by atoms with Gasteiger partial charge in [-0.3, -0.25) is 19.4 Å². The summed E-state index contributed by atoms with van der Waals surface area (Å²) in [5.41, 5.74) is 6.39. The normalized spacial score (nSPS) is 14.7. The van der Waals surface area contributed by atoms with E-state index in [2.05, 4.69) is 4.98 Å². The van der Waals surface area contributed by atoms with Gasteiger partial charge in [0.1, 0.15) is 11.7 Å². The van der Waals surface area contributed by atoms with E-state index in [1.807, 2.05) is 0 Å². The Labute approximate surface area is 198 Å². The first-order valence-corrected chi connectivity index (χ1v) is 10.3. The van der Waals surface area contributed by atoms with E-state index in [1.54, 1.807) is 18.2 Å². The van der Waals surface area contributed by atoms with Crippen LogP contribution in [0.1, 0.15) is 36.6 Å². The molecule has 0 bridgehead atoms. The first-order chi connectivity index (χ1) is 16.1. The summed E-state index contributed by atoms with van der Waals surface area (Å²) in [5.74, 6) is -4.14. The molecule has 174 valence electrons. The number of carbonyl (C=O) groups is 4. The fourth-order valence-corrected chi connectivity index (χ4v) is 3.53. The molecule has 3 N–H and O–H groups in total. The number of Topliss-reactive ketones (excluding diaryl/α,β-unsaturated/α-hetero) is 1. The Morgan fingerprint density at radius 2 is 1.76 bits per heavy atom. The zero-order valence-electron chi connectivity index (χ0n) is 17.9. The van der Waals surface area contributed by atoms with Crippen LogP contribution in [0, 0.1) is 11.7 Å². The third kappa shape index (κ3) is 5.26. The highest BCUT2D eigenvalue weighted by Crippen LogP contribution is 2.32. The molecule has 2 heterocycles. The summed E-state index contributed by atoms with van der Waals surface area (Å²) < 4.78 is 13.6. The molecule has 1 aliphatic heterocycles. The van der Waals surface area contributed by atoms with Crippen molar-refractivity contribution in [3.63, 3.8) is 0 Å². The van der Waals surface area contributed by atoms with E-state index < -0.39 is 35.3 Å². The number of aromatic nitrogens is 1. The van der Waals surface area contributed by atoms with Gasteiger partial charge < -0.3 is 15.7 Å². The van der Waals surface area contributed by atoms with Crippen molar-refractivity contribution < 1.29 is 28.7 Å². The van der Waals surface area contributed by atoms with E-state index in [0.29, 0.717) is 16.8 Å². The van der Waals surface area contributed by atoms with Crippen LogP contribution in [-0.4, -0.2) is 40.7 Å². The number of benzene rings is 2. The number of carboxylic acids is 1. The number of fused-ring (bicyclic) bond motifs is 1. The summed E-state index contributed by atoms with van der Waals surface area (Å²) in [5, 5.41) is 9.06. The summed E-state index contributed by atoms with van der Waals surface area (Å²) in [6, 6.07) is 11.3. The number of carboxylic acid groups (broad SMARTS) is 1. The highest BCUT2D eigenvalue weighted by molar-refractivity contribution is 6.30. The fourth-order valence-electron chi connectivity index (χ4n) is 3.41. The minimum absolute atomic E-state index is 0.00678. The molecule has 0 aliphatic carbocycles. The molecular formula is C24H19ClFN3O5. The summed E-state index contributed by atoms with van der Waals surface area (Å²) in [6.45, 7) is 0. The number of rotatable bonds is 4. The Morgan fingerprint density at radius 3 is 2.32 bits per heavy atom. The Kier molecular flexibility index (Phi) is 7.37. The van der Waals surface area contributed by atoms with Gasteiger partial charge in [-0.2, -0.15) is 0 Å². The molecule has 1 atom stereocenters. The van der Waals surface area contributed by atoms with E-state index in [0.717, 1.165) is 0 Å². The second-order valence-corrected chi connectivity index (χ2v) is 7.81. The smallest absolute Gasteiger partial charge is 0.335 e. The summed E-state index contributed by atoms with van der Waals surface area (Å²) in [7, 11) is 1.52. The van der Waals surface area contributed by atoms with Crippen molar-refractivity contribution >= 4 is 40.9 Å². The van der Waals surface area contributed by atoms with Gasteiger partial charge in [0.15, 0.2) is 5.78 Å². The summed E-state index contributed by atoms with van der Waals surface area (Å²) in [4.78, 5) is 51.9. The molecule has 3 aromatic rings. The number of ketones is 1. The molecule has 1 aromatic heterocycles. The zero-order chi connectivity index (χ0) is 25.0. The molecule has 2 aromatic carbocycles. The van der Waals surface area contributed by atoms with Gasteiger partial charge in [0.05, 0.1) is 16.3 Å². The average molecular weight is 484 g/mol. The maximum absolute atomic E-state index is 13.6. The molecule has 1 aliphatic rings. The second-order valence-electron chi connectivity index (χ2n) is 7.40. The predicted octanol–water partition coefficient (Wildman–Crippen LogP) is 3.38. The van der Waals surface area contributed by atoms with Gasteiger partial charge in [-0.15, -0.1) is 0 Å². The monoisotopic (exact) mass is 483 g/mol. The number of aromatic carboxylic acids is 1. The van der Waals surface area contributed by atoms with Crippen molar-refractivity contribution in [1.29, 1.82) is 0 Å². The van der Waals surface area contributed by atoms with Crippen molar-refractivity contribution in [3.05, 3.63) is 94.0 Å². The molecule has 10 heteroatoms. The highest BCUT2D eigenvalue weighted by Gasteiger charge is 2.38. The fraction of sp³-hybridized carbons (Fsp3) is 0.125. The minimum Gasteiger partial charge on any atom is -0.478 e. The van der Waals surface area contributed by atoms with Crippen LogP contribution < -0.4 is 10.6 Å². The first-order valence-electron chi connectivity index (χ1n) is 9.93. The van der Waals surface area contributed by atoms with Crippen molar-refractivity contribution in [2.24, 2.45) is 11.7 Å². The number of halogens is 2. The molecular weight excluding hydrogens is 465 g/mol. The van der Waals surface area contributed by atoms with Gasteiger partial charge in [0.25, 0.3) is 0 Å². The van der Waals surface area contributed by atoms with Crippen LogP contribution in [0.15, 0.2) is 60.9 Å². The van der Waals surface area contributed by atoms with Gasteiger partial charge in [-0.05, 0) is 54.4 Å². The molecule has 1 unspecified atom stereocenters. The quantitative estimate of drug-likeness (QED) is 0.547. The van der Waals surface area contributed by atoms with Crippen molar-refractivity contribution in [2.75, 3.05) is 11.9 Å². The molecule has 4 rings (SSSR count). The Hall–Kier alpha value is -4.11. The van der Waals surface area contributed by atoms with Crippen molar-refractivity contribution in [3.8, 4) is 0 Å². The lowest BCUT2D eigenvalue weighted by Gasteiger charge is -2.30. The standard InChI is InChI=1S/C18H13ClFNO4.C6H6N2O/c1-21-15-5-3-10(18(24)25)8-11(15)16(22)12(17(21)23)6-9-2-4-13(19)14(20)7-9;7-6(9)5-1-3-8-4-2-5/h2-5,7-8,12H,6H2,1H3,(H,24,25);1-4H,(H2,7,9). The van der Waals surface area contributed by atoms with E-state index >= 15 is 0 Å². The third-order valence-corrected chi connectivity index (χ3v) is 5.51. The van der Waals surface area contributed by atoms with E-state index in [1.165, 1.54) is 54.7 Å². The Morgan fingerprint density at radius 1 is 1.09 bits per heavy atom. The Balaban J connectivity index is 0.000000302. The minimum atomic E-state index is -1.16. The number of nitrogens with zero attached hydrogens (tertiary/aromatic N) is 2. The van der Waals surface area contributed by atoms with Crippen molar-refractivity contribution in [2.45, 2.75) is 6.42 Å². The maximum atomic E-state index is 13.6. The number of nitrogens with two attached hydrogens (primary N) is 1. The van der Waals surface area contributed by atoms with E-state index in [9.17, 15) is 23.6 Å². The SMILES string of the molecule is CN1C(=O)C(Cc2ccc(Cl)c(F)c2)C(=O)c2cc(C(=O)O)ccc21.NC(=O)c1ccncc1. The van der Waals surface area contributed by atoms with Gasteiger partial charge in [0, 0.05) is 30.6 Å².